The van der Waals surface area contributed by atoms with E-state index in [-0.39, 0.29) is 5.91 Å². The van der Waals surface area contributed by atoms with Crippen molar-refractivity contribution in [3.63, 3.8) is 0 Å². The fraction of sp³-hybridized carbons (Fsp3) is 0.227. The number of amides is 3. The Bertz CT molecular complexity index is 1100. The van der Waals surface area contributed by atoms with Gasteiger partial charge in [0.15, 0.2) is 5.13 Å². The molecule has 0 bridgehead atoms. The number of nitrogens with one attached hydrogen (secondary N) is 1. The van der Waals surface area contributed by atoms with Crippen LogP contribution < -0.4 is 15.0 Å². The summed E-state index contributed by atoms with van der Waals surface area (Å²) in [6.07, 6.45) is 3.50. The summed E-state index contributed by atoms with van der Waals surface area (Å²) in [5.74, 6) is -0.0760. The lowest BCUT2D eigenvalue weighted by Gasteiger charge is -2.19. The van der Waals surface area contributed by atoms with Gasteiger partial charge < -0.3 is 9.64 Å². The number of rotatable bonds is 5. The van der Waals surface area contributed by atoms with Gasteiger partial charge in [-0.1, -0.05) is 23.5 Å². The first-order valence-electron chi connectivity index (χ1n) is 9.83. The minimum atomic E-state index is -0.405. The standard InChI is InChI=1S/C22H21FN4O3S/c1-26(17-8-4-6-15(12-17)20(28)27-10-2-3-11-27)22(29)25-21-24-14-19(31-21)30-18-9-5-7-16(23)13-18/h4-9,12-14H,2-3,10-11H2,1H3,(H,24,25,29). The summed E-state index contributed by atoms with van der Waals surface area (Å²) >= 11 is 1.12. The topological polar surface area (TPSA) is 74.8 Å². The Morgan fingerprint density at radius 1 is 1.16 bits per heavy atom. The summed E-state index contributed by atoms with van der Waals surface area (Å²) in [6.45, 7) is 1.53. The van der Waals surface area contributed by atoms with Crippen LogP contribution in [0.25, 0.3) is 0 Å². The largest absolute Gasteiger partial charge is 0.445 e. The van der Waals surface area contributed by atoms with Crippen LogP contribution in [0.4, 0.5) is 20.0 Å². The van der Waals surface area contributed by atoms with Crippen molar-refractivity contribution < 1.29 is 18.7 Å². The van der Waals surface area contributed by atoms with Crippen LogP contribution in [0.15, 0.2) is 54.7 Å². The molecular weight excluding hydrogens is 419 g/mol. The van der Waals surface area contributed by atoms with Crippen molar-refractivity contribution in [3.8, 4) is 10.8 Å². The molecule has 160 valence electrons. The van der Waals surface area contributed by atoms with Gasteiger partial charge in [0, 0.05) is 37.5 Å². The number of hydrogen-bond donors (Lipinski definition) is 1. The molecule has 1 aliphatic rings. The lowest BCUT2D eigenvalue weighted by atomic mass is 10.1. The molecule has 0 aliphatic carbocycles. The lowest BCUT2D eigenvalue weighted by Crippen LogP contribution is -2.32. The van der Waals surface area contributed by atoms with Crippen LogP contribution >= 0.6 is 11.3 Å². The first-order valence-corrected chi connectivity index (χ1v) is 10.6. The summed E-state index contributed by atoms with van der Waals surface area (Å²) in [7, 11) is 1.62. The average Bonchev–Trinajstić information content (AvgIpc) is 3.45. The highest BCUT2D eigenvalue weighted by Crippen LogP contribution is 2.31. The van der Waals surface area contributed by atoms with E-state index in [0.717, 1.165) is 37.3 Å². The number of halogens is 1. The first kappa shape index (κ1) is 20.8. The molecular formula is C22H21FN4O3S. The quantitative estimate of drug-likeness (QED) is 0.607. The molecule has 1 aliphatic heterocycles. The van der Waals surface area contributed by atoms with Gasteiger partial charge in [0.1, 0.15) is 11.6 Å². The smallest absolute Gasteiger partial charge is 0.327 e. The normalized spacial score (nSPS) is 13.2. The van der Waals surface area contributed by atoms with E-state index in [0.29, 0.717) is 27.2 Å². The Labute approximate surface area is 183 Å². The molecule has 7 nitrogen and oxygen atoms in total. The number of anilines is 2. The van der Waals surface area contributed by atoms with E-state index in [1.165, 1.54) is 23.2 Å². The van der Waals surface area contributed by atoms with Gasteiger partial charge in [0.2, 0.25) is 5.06 Å². The van der Waals surface area contributed by atoms with Gasteiger partial charge in [-0.25, -0.2) is 14.2 Å². The van der Waals surface area contributed by atoms with E-state index in [1.807, 2.05) is 4.90 Å². The molecule has 0 unspecified atom stereocenters. The average molecular weight is 441 g/mol. The van der Waals surface area contributed by atoms with Crippen LogP contribution in [0.2, 0.25) is 0 Å². The minimum Gasteiger partial charge on any atom is -0.445 e. The molecule has 0 spiro atoms. The number of thiazole rings is 1. The van der Waals surface area contributed by atoms with Crippen molar-refractivity contribution in [3.05, 3.63) is 66.1 Å². The van der Waals surface area contributed by atoms with Crippen molar-refractivity contribution in [2.24, 2.45) is 0 Å². The highest BCUT2D eigenvalue weighted by molar-refractivity contribution is 7.17. The van der Waals surface area contributed by atoms with Crippen LogP contribution in [0, 0.1) is 5.82 Å². The van der Waals surface area contributed by atoms with Gasteiger partial charge >= 0.3 is 6.03 Å². The van der Waals surface area contributed by atoms with Gasteiger partial charge in [0.25, 0.3) is 5.91 Å². The van der Waals surface area contributed by atoms with E-state index >= 15 is 0 Å². The van der Waals surface area contributed by atoms with E-state index in [4.69, 9.17) is 4.74 Å². The third-order valence-electron chi connectivity index (χ3n) is 4.89. The van der Waals surface area contributed by atoms with Crippen LogP contribution in [-0.2, 0) is 0 Å². The predicted molar refractivity (Wildman–Crippen MR) is 118 cm³/mol. The molecule has 2 aromatic carbocycles. The molecule has 1 saturated heterocycles. The van der Waals surface area contributed by atoms with Crippen molar-refractivity contribution in [2.45, 2.75) is 12.8 Å². The summed E-state index contributed by atoms with van der Waals surface area (Å²) in [5, 5.41) is 3.47. The number of ether oxygens (including phenoxy) is 1. The molecule has 9 heteroatoms. The molecule has 1 aromatic heterocycles. The van der Waals surface area contributed by atoms with Crippen LogP contribution in [0.1, 0.15) is 23.2 Å². The zero-order chi connectivity index (χ0) is 21.8. The lowest BCUT2D eigenvalue weighted by molar-refractivity contribution is 0.0793. The van der Waals surface area contributed by atoms with Crippen molar-refractivity contribution in [2.75, 3.05) is 30.4 Å². The molecule has 0 radical (unpaired) electrons. The summed E-state index contributed by atoms with van der Waals surface area (Å²) in [6, 6.07) is 12.4. The summed E-state index contributed by atoms with van der Waals surface area (Å²) < 4.78 is 18.9. The van der Waals surface area contributed by atoms with E-state index < -0.39 is 11.8 Å². The van der Waals surface area contributed by atoms with Gasteiger partial charge in [-0.15, -0.1) is 0 Å². The second kappa shape index (κ2) is 9.13. The number of carbonyl (C=O) groups excluding carboxylic acids is 2. The maximum absolute atomic E-state index is 13.3. The highest BCUT2D eigenvalue weighted by Gasteiger charge is 2.21. The van der Waals surface area contributed by atoms with Gasteiger partial charge in [-0.3, -0.25) is 15.0 Å². The van der Waals surface area contributed by atoms with Gasteiger partial charge in [0.05, 0.1) is 6.20 Å². The van der Waals surface area contributed by atoms with Gasteiger partial charge in [-0.2, -0.15) is 0 Å². The minimum absolute atomic E-state index is 0.0211. The predicted octanol–water partition coefficient (Wildman–Crippen LogP) is 4.98. The number of nitrogens with zero attached hydrogens (tertiary/aromatic N) is 3. The number of hydrogen-bond acceptors (Lipinski definition) is 5. The van der Waals surface area contributed by atoms with Crippen LogP contribution in [-0.4, -0.2) is 42.0 Å². The number of likely N-dealkylation sites (tertiary alicyclic amines) is 1. The Balaban J connectivity index is 1.40. The molecule has 3 amide bonds. The number of aromatic nitrogens is 1. The molecule has 4 rings (SSSR count). The first-order chi connectivity index (χ1) is 15.0. The fourth-order valence-corrected chi connectivity index (χ4v) is 3.93. The number of carbonyl (C=O) groups is 2. The van der Waals surface area contributed by atoms with Gasteiger partial charge in [-0.05, 0) is 43.2 Å². The molecule has 31 heavy (non-hydrogen) atoms. The third kappa shape index (κ3) is 5.00. The molecule has 3 aromatic rings. The molecule has 2 heterocycles. The number of benzene rings is 2. The molecule has 1 N–H and O–H groups in total. The number of urea groups is 1. The summed E-state index contributed by atoms with van der Waals surface area (Å²) in [4.78, 5) is 32.6. The zero-order valence-electron chi connectivity index (χ0n) is 16.9. The Morgan fingerprint density at radius 2 is 1.94 bits per heavy atom. The van der Waals surface area contributed by atoms with Crippen molar-refractivity contribution in [1.82, 2.24) is 9.88 Å². The van der Waals surface area contributed by atoms with Crippen molar-refractivity contribution in [1.29, 1.82) is 0 Å². The van der Waals surface area contributed by atoms with Crippen molar-refractivity contribution >= 4 is 34.1 Å². The maximum atomic E-state index is 13.3. The van der Waals surface area contributed by atoms with E-state index in [9.17, 15) is 14.0 Å². The Hall–Kier alpha value is -3.46. The second-order valence-corrected chi connectivity index (χ2v) is 8.08. The monoisotopic (exact) mass is 440 g/mol. The van der Waals surface area contributed by atoms with Crippen LogP contribution in [0.5, 0.6) is 10.8 Å². The van der Waals surface area contributed by atoms with E-state index in [1.54, 1.807) is 43.4 Å². The Kier molecular flexibility index (Phi) is 6.13. The van der Waals surface area contributed by atoms with E-state index in [2.05, 4.69) is 10.3 Å². The Morgan fingerprint density at radius 3 is 2.71 bits per heavy atom. The SMILES string of the molecule is CN(C(=O)Nc1ncc(Oc2cccc(F)c2)s1)c1cccc(C(=O)N2CCCC2)c1. The molecule has 0 saturated carbocycles. The fourth-order valence-electron chi connectivity index (χ4n) is 3.25. The molecule has 0 atom stereocenters. The zero-order valence-corrected chi connectivity index (χ0v) is 17.7. The highest BCUT2D eigenvalue weighted by atomic mass is 32.1. The van der Waals surface area contributed by atoms with Crippen LogP contribution in [0.3, 0.4) is 0 Å². The molecule has 1 fully saturated rings. The summed E-state index contributed by atoms with van der Waals surface area (Å²) in [5.41, 5.74) is 1.15. The maximum Gasteiger partial charge on any atom is 0.327 e. The second-order valence-electron chi connectivity index (χ2n) is 7.08. The third-order valence-corrected chi connectivity index (χ3v) is 5.68.